The lowest BCUT2D eigenvalue weighted by atomic mass is 9.52. The highest BCUT2D eigenvalue weighted by molar-refractivity contribution is 5.95. The van der Waals surface area contributed by atoms with E-state index in [2.05, 4.69) is 111 Å². The van der Waals surface area contributed by atoms with Crippen LogP contribution in [0.25, 0.3) is 0 Å². The summed E-state index contributed by atoms with van der Waals surface area (Å²) in [4.78, 5) is 24.7. The summed E-state index contributed by atoms with van der Waals surface area (Å²) in [6.07, 6.45) is 25.6. The largest absolute Gasteiger partial charge is 0.462 e. The zero-order chi connectivity index (χ0) is 36.5. The molecule has 4 nitrogen and oxygen atoms in total. The highest BCUT2D eigenvalue weighted by Gasteiger charge is 2.50. The SMILES string of the molecule is CC(=O)OC1CC(C)(C)C(=C=C/C(C)=C/C=C/C(C)=C/C=C/C=C(C)/C=C/C=C(\C)C(=O)C[C@]2(C)[C@H](C)C[C@H](O)CC2(C)C)C(C)(C)C1. The van der Waals surface area contributed by atoms with Gasteiger partial charge in [0.2, 0.25) is 0 Å². The van der Waals surface area contributed by atoms with Crippen molar-refractivity contribution in [1.82, 2.24) is 0 Å². The molecule has 0 bridgehead atoms. The molecule has 0 aromatic heterocycles. The van der Waals surface area contributed by atoms with Gasteiger partial charge < -0.3 is 9.84 Å². The molecule has 1 N–H and O–H groups in total. The van der Waals surface area contributed by atoms with Crippen molar-refractivity contribution in [1.29, 1.82) is 0 Å². The summed E-state index contributed by atoms with van der Waals surface area (Å²) in [6, 6.07) is 0. The quantitative estimate of drug-likeness (QED) is 0.104. The molecule has 4 heteroatoms. The molecule has 0 amide bonds. The van der Waals surface area contributed by atoms with Gasteiger partial charge in [0, 0.05) is 13.3 Å². The van der Waals surface area contributed by atoms with E-state index < -0.39 is 0 Å². The molecule has 2 aliphatic carbocycles. The average Bonchev–Trinajstić information content (AvgIpc) is 2.92. The molecule has 264 valence electrons. The summed E-state index contributed by atoms with van der Waals surface area (Å²) in [5.74, 6) is 0.252. The summed E-state index contributed by atoms with van der Waals surface area (Å²) in [6.45, 7) is 27.2. The minimum Gasteiger partial charge on any atom is -0.462 e. The molecule has 0 aliphatic heterocycles. The van der Waals surface area contributed by atoms with Crippen molar-refractivity contribution in [3.05, 3.63) is 100 Å². The van der Waals surface area contributed by atoms with Crippen molar-refractivity contribution in [2.45, 2.75) is 134 Å². The van der Waals surface area contributed by atoms with Gasteiger partial charge in [-0.1, -0.05) is 127 Å². The Morgan fingerprint density at radius 1 is 0.771 bits per heavy atom. The third-order valence-electron chi connectivity index (χ3n) is 10.8. The third kappa shape index (κ3) is 11.7. The Labute approximate surface area is 292 Å². The van der Waals surface area contributed by atoms with E-state index in [4.69, 9.17) is 4.74 Å². The number of hydrogen-bond donors (Lipinski definition) is 1. The number of Topliss-reactive ketones (excluding diaryl/α,β-unsaturated/α-hetero) is 1. The molecule has 3 atom stereocenters. The van der Waals surface area contributed by atoms with E-state index in [1.165, 1.54) is 12.5 Å². The lowest BCUT2D eigenvalue weighted by Crippen LogP contribution is -2.49. The van der Waals surface area contributed by atoms with Gasteiger partial charge in [0.05, 0.1) is 6.10 Å². The first kappa shape index (κ1) is 41.0. The topological polar surface area (TPSA) is 63.6 Å². The molecule has 0 saturated heterocycles. The van der Waals surface area contributed by atoms with Crippen molar-refractivity contribution < 1.29 is 19.4 Å². The van der Waals surface area contributed by atoms with Crippen LogP contribution in [-0.2, 0) is 14.3 Å². The summed E-state index contributed by atoms with van der Waals surface area (Å²) in [5, 5.41) is 10.3. The first-order valence-electron chi connectivity index (χ1n) is 17.7. The van der Waals surface area contributed by atoms with Gasteiger partial charge in [-0.2, -0.15) is 0 Å². The number of aliphatic hydroxyl groups excluding tert-OH is 1. The zero-order valence-corrected chi connectivity index (χ0v) is 32.3. The van der Waals surface area contributed by atoms with Crippen molar-refractivity contribution in [3.63, 3.8) is 0 Å². The van der Waals surface area contributed by atoms with Crippen molar-refractivity contribution >= 4 is 11.8 Å². The molecule has 48 heavy (non-hydrogen) atoms. The fourth-order valence-electron chi connectivity index (χ4n) is 7.72. The summed E-state index contributed by atoms with van der Waals surface area (Å²) >= 11 is 0. The number of carbonyl (C=O) groups excluding carboxylic acids is 2. The molecule has 0 heterocycles. The molecular formula is C44H64O4. The highest BCUT2D eigenvalue weighted by atomic mass is 16.5. The van der Waals surface area contributed by atoms with E-state index in [1.54, 1.807) is 0 Å². The van der Waals surface area contributed by atoms with Crippen molar-refractivity contribution in [2.24, 2.45) is 27.6 Å². The summed E-state index contributed by atoms with van der Waals surface area (Å²) in [5.41, 5.74) is 8.54. The molecule has 0 spiro atoms. The Kier molecular flexibility index (Phi) is 14.5. The molecule has 2 aliphatic rings. The Morgan fingerprint density at radius 3 is 1.77 bits per heavy atom. The van der Waals surface area contributed by atoms with Crippen LogP contribution in [0.4, 0.5) is 0 Å². The Balaban J connectivity index is 1.97. The predicted octanol–water partition coefficient (Wildman–Crippen LogP) is 11.1. The maximum Gasteiger partial charge on any atom is 0.302 e. The maximum absolute atomic E-state index is 13.2. The molecule has 2 rings (SSSR count). The summed E-state index contributed by atoms with van der Waals surface area (Å²) < 4.78 is 5.58. The van der Waals surface area contributed by atoms with Gasteiger partial charge in [-0.25, -0.2) is 0 Å². The van der Waals surface area contributed by atoms with E-state index in [0.29, 0.717) is 6.42 Å². The van der Waals surface area contributed by atoms with Crippen molar-refractivity contribution in [3.8, 4) is 0 Å². The number of allylic oxidation sites excluding steroid dienone is 15. The molecule has 0 aromatic rings. The fourth-order valence-corrected chi connectivity index (χ4v) is 7.72. The Hall–Kier alpha value is -3.20. The standard InChI is InChI=1S/C44H64O4/c1-31(20-16-21-33(3)24-25-40-41(7,8)28-38(48-36(6)45)29-42(40,9)10)18-14-15-19-32(2)22-17-23-34(4)39(47)30-44(13)35(5)26-37(46)27-43(44,11)12/h14-24,35,37-38,46H,26-30H2,1-13H3/b15-14+,20-16+,22-17+,31-18+,32-19+,33-21+,34-23+/t25?,35-,37+,38?,44-/m1/s1. The third-order valence-corrected chi connectivity index (χ3v) is 10.8. The highest BCUT2D eigenvalue weighted by Crippen LogP contribution is 2.55. The van der Waals surface area contributed by atoms with Crippen LogP contribution in [0, 0.1) is 27.6 Å². The molecule has 2 saturated carbocycles. The number of rotatable bonds is 11. The monoisotopic (exact) mass is 656 g/mol. The van der Waals surface area contributed by atoms with Crippen LogP contribution in [0.1, 0.15) is 122 Å². The second-order valence-electron chi connectivity index (χ2n) is 16.7. The van der Waals surface area contributed by atoms with Crippen LogP contribution in [0.5, 0.6) is 0 Å². The fraction of sp³-hybridized carbons (Fsp3) is 0.568. The normalized spacial score (nSPS) is 28.2. The first-order valence-corrected chi connectivity index (χ1v) is 17.7. The van der Waals surface area contributed by atoms with Crippen LogP contribution in [0.3, 0.4) is 0 Å². The van der Waals surface area contributed by atoms with Gasteiger partial charge in [0.25, 0.3) is 0 Å². The lowest BCUT2D eigenvalue weighted by Gasteiger charge is -2.53. The Bertz CT molecular complexity index is 1440. The average molecular weight is 657 g/mol. The molecule has 0 aromatic carbocycles. The van der Waals surface area contributed by atoms with Crippen LogP contribution in [0.15, 0.2) is 100 Å². The predicted molar refractivity (Wildman–Crippen MR) is 202 cm³/mol. The maximum atomic E-state index is 13.2. The van der Waals surface area contributed by atoms with Gasteiger partial charge in [-0.3, -0.25) is 9.59 Å². The van der Waals surface area contributed by atoms with Crippen LogP contribution >= 0.6 is 0 Å². The van der Waals surface area contributed by atoms with E-state index in [9.17, 15) is 14.7 Å². The first-order chi connectivity index (χ1) is 22.1. The summed E-state index contributed by atoms with van der Waals surface area (Å²) in [7, 11) is 0. The van der Waals surface area contributed by atoms with Crippen LogP contribution < -0.4 is 0 Å². The van der Waals surface area contributed by atoms with E-state index in [-0.39, 0.29) is 51.5 Å². The van der Waals surface area contributed by atoms with E-state index >= 15 is 0 Å². The second-order valence-corrected chi connectivity index (χ2v) is 16.7. The van der Waals surface area contributed by atoms with Crippen LogP contribution in [0.2, 0.25) is 0 Å². The van der Waals surface area contributed by atoms with Gasteiger partial charge >= 0.3 is 5.97 Å². The van der Waals surface area contributed by atoms with Crippen LogP contribution in [-0.4, -0.2) is 29.1 Å². The molecule has 0 unspecified atom stereocenters. The second kappa shape index (κ2) is 17.0. The zero-order valence-electron chi connectivity index (χ0n) is 32.3. The van der Waals surface area contributed by atoms with Crippen molar-refractivity contribution in [2.75, 3.05) is 0 Å². The van der Waals surface area contributed by atoms with Gasteiger partial charge in [0.15, 0.2) is 5.78 Å². The number of aliphatic hydroxyl groups is 1. The molecule has 2 fully saturated rings. The minimum atomic E-state index is -0.282. The number of ketones is 1. The van der Waals surface area contributed by atoms with Gasteiger partial charge in [-0.15, -0.1) is 5.73 Å². The molecule has 0 radical (unpaired) electrons. The number of ether oxygens (including phenoxy) is 1. The number of hydrogen-bond acceptors (Lipinski definition) is 4. The number of carbonyl (C=O) groups is 2. The minimum absolute atomic E-state index is 0.0595. The Morgan fingerprint density at radius 2 is 1.27 bits per heavy atom. The number of esters is 1. The van der Waals surface area contributed by atoms with E-state index in [0.717, 1.165) is 48.0 Å². The van der Waals surface area contributed by atoms with E-state index in [1.807, 2.05) is 44.2 Å². The van der Waals surface area contributed by atoms with Gasteiger partial charge in [0.1, 0.15) is 6.10 Å². The molecular weight excluding hydrogens is 592 g/mol. The van der Waals surface area contributed by atoms with Gasteiger partial charge in [-0.05, 0) is 104 Å². The smallest absolute Gasteiger partial charge is 0.302 e. The lowest BCUT2D eigenvalue weighted by molar-refractivity contribution is -0.150.